The van der Waals surface area contributed by atoms with Gasteiger partial charge in [-0.15, -0.1) is 0 Å². The van der Waals surface area contributed by atoms with Crippen molar-refractivity contribution in [2.75, 3.05) is 20.3 Å². The van der Waals surface area contributed by atoms with Crippen LogP contribution in [0.1, 0.15) is 31.7 Å². The number of carboxylic acids is 1. The summed E-state index contributed by atoms with van der Waals surface area (Å²) in [5.41, 5.74) is 0.758. The van der Waals surface area contributed by atoms with Gasteiger partial charge in [-0.25, -0.2) is 0 Å². The van der Waals surface area contributed by atoms with Gasteiger partial charge in [0, 0.05) is 6.08 Å². The molecule has 0 aliphatic heterocycles. The lowest BCUT2D eigenvalue weighted by molar-refractivity contribution is -0.137. The normalized spacial score (nSPS) is 10.5. The van der Waals surface area contributed by atoms with Crippen LogP contribution in [0.5, 0.6) is 11.5 Å². The fourth-order valence-electron chi connectivity index (χ4n) is 1.83. The van der Waals surface area contributed by atoms with Crippen LogP contribution in [0.4, 0.5) is 0 Å². The third-order valence-electron chi connectivity index (χ3n) is 3.03. The first-order chi connectivity index (χ1) is 11.1. The quantitative estimate of drug-likeness (QED) is 0.511. The zero-order chi connectivity index (χ0) is 17.1. The number of benzene rings is 1. The topological polar surface area (TPSA) is 84.9 Å². The average Bonchev–Trinajstić information content (AvgIpc) is 2.55. The monoisotopic (exact) mass is 321 g/mol. The molecule has 1 aromatic carbocycles. The van der Waals surface area contributed by atoms with Crippen LogP contribution in [-0.4, -0.2) is 37.2 Å². The number of methoxy groups -OCH3 is 1. The Balaban J connectivity index is 2.63. The molecule has 6 nitrogen and oxygen atoms in total. The van der Waals surface area contributed by atoms with Crippen molar-refractivity contribution in [2.24, 2.45) is 0 Å². The van der Waals surface area contributed by atoms with Crippen molar-refractivity contribution < 1.29 is 24.2 Å². The van der Waals surface area contributed by atoms with E-state index in [1.54, 1.807) is 31.4 Å². The Morgan fingerprint density at radius 1 is 1.26 bits per heavy atom. The number of carboxylic acid groups (broad SMARTS) is 1. The average molecular weight is 321 g/mol. The van der Waals surface area contributed by atoms with Gasteiger partial charge in [-0.1, -0.05) is 25.8 Å². The van der Waals surface area contributed by atoms with E-state index >= 15 is 0 Å². The molecule has 0 atom stereocenters. The fourth-order valence-corrected chi connectivity index (χ4v) is 1.83. The van der Waals surface area contributed by atoms with Gasteiger partial charge in [0.1, 0.15) is 6.54 Å². The van der Waals surface area contributed by atoms with E-state index in [1.807, 2.05) is 0 Å². The number of nitrogens with one attached hydrogen (secondary N) is 1. The van der Waals surface area contributed by atoms with E-state index in [0.29, 0.717) is 18.1 Å². The summed E-state index contributed by atoms with van der Waals surface area (Å²) in [6, 6.07) is 5.36. The molecular formula is C17H23NO5. The second kappa shape index (κ2) is 10.3. The van der Waals surface area contributed by atoms with Crippen molar-refractivity contribution in [3.63, 3.8) is 0 Å². The van der Waals surface area contributed by atoms with E-state index < -0.39 is 18.4 Å². The lowest BCUT2D eigenvalue weighted by atomic mass is 10.2. The molecule has 0 saturated heterocycles. The molecule has 1 rings (SSSR count). The lowest BCUT2D eigenvalue weighted by Gasteiger charge is -2.11. The van der Waals surface area contributed by atoms with Gasteiger partial charge in [0.15, 0.2) is 11.5 Å². The van der Waals surface area contributed by atoms with Gasteiger partial charge in [-0.3, -0.25) is 9.59 Å². The molecule has 0 spiro atoms. The zero-order valence-corrected chi connectivity index (χ0v) is 13.5. The van der Waals surface area contributed by atoms with Crippen LogP contribution in [0.3, 0.4) is 0 Å². The number of amides is 1. The minimum Gasteiger partial charge on any atom is -0.493 e. The molecule has 23 heavy (non-hydrogen) atoms. The number of carbonyl (C=O) groups excluding carboxylic acids is 1. The number of ether oxygens (including phenoxy) is 2. The van der Waals surface area contributed by atoms with Gasteiger partial charge in [0.05, 0.1) is 13.7 Å². The molecule has 0 bridgehead atoms. The highest BCUT2D eigenvalue weighted by Gasteiger charge is 2.05. The Labute approximate surface area is 136 Å². The van der Waals surface area contributed by atoms with Crippen LogP contribution in [-0.2, 0) is 9.59 Å². The van der Waals surface area contributed by atoms with Gasteiger partial charge in [-0.05, 0) is 30.2 Å². The zero-order valence-electron chi connectivity index (χ0n) is 13.5. The molecule has 2 N–H and O–H groups in total. The van der Waals surface area contributed by atoms with Gasteiger partial charge in [0.2, 0.25) is 5.91 Å². The van der Waals surface area contributed by atoms with Gasteiger partial charge < -0.3 is 19.9 Å². The highest BCUT2D eigenvalue weighted by Crippen LogP contribution is 2.28. The number of carbonyl (C=O) groups is 2. The smallest absolute Gasteiger partial charge is 0.322 e. The van der Waals surface area contributed by atoms with Crippen LogP contribution < -0.4 is 14.8 Å². The standard InChI is InChI=1S/C17H23NO5/c1-3-4-5-10-23-14-8-6-13(11-15(14)22-2)7-9-16(19)18-12-17(20)21/h6-9,11H,3-5,10,12H2,1-2H3,(H,18,19)(H,20,21)/b9-7+. The maximum absolute atomic E-state index is 11.4. The van der Waals surface area contributed by atoms with E-state index in [-0.39, 0.29) is 0 Å². The summed E-state index contributed by atoms with van der Waals surface area (Å²) in [5, 5.41) is 10.7. The van der Waals surface area contributed by atoms with Crippen molar-refractivity contribution in [3.8, 4) is 11.5 Å². The number of aliphatic carboxylic acids is 1. The second-order valence-electron chi connectivity index (χ2n) is 4.91. The van der Waals surface area contributed by atoms with E-state index in [2.05, 4.69) is 12.2 Å². The first-order valence-corrected chi connectivity index (χ1v) is 7.55. The SMILES string of the molecule is CCCCCOc1ccc(/C=C/C(=O)NCC(=O)O)cc1OC. The Morgan fingerprint density at radius 3 is 2.70 bits per heavy atom. The Morgan fingerprint density at radius 2 is 2.04 bits per heavy atom. The van der Waals surface area contributed by atoms with E-state index in [0.717, 1.165) is 24.8 Å². The molecule has 0 saturated carbocycles. The molecular weight excluding hydrogens is 298 g/mol. The lowest BCUT2D eigenvalue weighted by Crippen LogP contribution is -2.27. The molecule has 1 aromatic rings. The molecule has 126 valence electrons. The first-order valence-electron chi connectivity index (χ1n) is 7.55. The molecule has 0 radical (unpaired) electrons. The Hall–Kier alpha value is -2.50. The summed E-state index contributed by atoms with van der Waals surface area (Å²) in [4.78, 5) is 21.8. The van der Waals surface area contributed by atoms with Crippen molar-refractivity contribution in [3.05, 3.63) is 29.8 Å². The predicted octanol–water partition coefficient (Wildman–Crippen LogP) is 2.48. The van der Waals surface area contributed by atoms with Crippen molar-refractivity contribution in [2.45, 2.75) is 26.2 Å². The van der Waals surface area contributed by atoms with Crippen molar-refractivity contribution in [1.82, 2.24) is 5.32 Å². The van der Waals surface area contributed by atoms with Crippen molar-refractivity contribution >= 4 is 18.0 Å². The third kappa shape index (κ3) is 7.35. The summed E-state index contributed by atoms with van der Waals surface area (Å²) in [6.07, 6.45) is 6.11. The fraction of sp³-hybridized carbons (Fsp3) is 0.412. The molecule has 0 unspecified atom stereocenters. The number of hydrogen-bond acceptors (Lipinski definition) is 4. The van der Waals surface area contributed by atoms with E-state index in [4.69, 9.17) is 14.6 Å². The van der Waals surface area contributed by atoms with E-state index in [9.17, 15) is 9.59 Å². The van der Waals surface area contributed by atoms with Gasteiger partial charge >= 0.3 is 5.97 Å². The largest absolute Gasteiger partial charge is 0.493 e. The molecule has 0 fully saturated rings. The highest BCUT2D eigenvalue weighted by molar-refractivity contribution is 5.93. The Kier molecular flexibility index (Phi) is 8.28. The number of rotatable bonds is 10. The summed E-state index contributed by atoms with van der Waals surface area (Å²) < 4.78 is 11.0. The summed E-state index contributed by atoms with van der Waals surface area (Å²) >= 11 is 0. The van der Waals surface area contributed by atoms with Crippen LogP contribution in [0.15, 0.2) is 24.3 Å². The molecule has 6 heteroatoms. The number of hydrogen-bond donors (Lipinski definition) is 2. The first kappa shape index (κ1) is 18.5. The van der Waals surface area contributed by atoms with Gasteiger partial charge in [0.25, 0.3) is 0 Å². The predicted molar refractivity (Wildman–Crippen MR) is 87.7 cm³/mol. The molecule has 1 amide bonds. The van der Waals surface area contributed by atoms with Crippen LogP contribution in [0, 0.1) is 0 Å². The van der Waals surface area contributed by atoms with Crippen LogP contribution in [0.2, 0.25) is 0 Å². The second-order valence-corrected chi connectivity index (χ2v) is 4.91. The minimum absolute atomic E-state index is 0.406. The minimum atomic E-state index is -1.09. The van der Waals surface area contributed by atoms with Crippen LogP contribution >= 0.6 is 0 Å². The van der Waals surface area contributed by atoms with E-state index in [1.165, 1.54) is 6.08 Å². The summed E-state index contributed by atoms with van der Waals surface area (Å²) in [6.45, 7) is 2.36. The molecule has 0 aliphatic rings. The molecule has 0 aliphatic carbocycles. The molecule has 0 heterocycles. The van der Waals surface area contributed by atoms with Crippen LogP contribution in [0.25, 0.3) is 6.08 Å². The highest BCUT2D eigenvalue weighted by atomic mass is 16.5. The van der Waals surface area contributed by atoms with Gasteiger partial charge in [-0.2, -0.15) is 0 Å². The number of unbranched alkanes of at least 4 members (excludes halogenated alkanes) is 2. The summed E-state index contributed by atoms with van der Waals surface area (Å²) in [7, 11) is 1.56. The summed E-state index contributed by atoms with van der Waals surface area (Å²) in [5.74, 6) is -0.296. The van der Waals surface area contributed by atoms with Crippen molar-refractivity contribution in [1.29, 1.82) is 0 Å². The maximum atomic E-state index is 11.4. The molecule has 0 aromatic heterocycles. The third-order valence-corrected chi connectivity index (χ3v) is 3.03. The Bertz CT molecular complexity index is 554. The maximum Gasteiger partial charge on any atom is 0.322 e.